The standard InChI is InChI=1S/C41H49N7O4S/c1-2-3-14-45-38(49)30-18-28(19-31(22-30)39(50)46-15-4-11-42)26-7-9-36-34(24-26)35-25-27(8-10-37(35)53-36)29-20-32(40(51)47-16-5-12-43)23-33(21-29)41(52)48-17-6-13-44/h7-10,18-25H,2-6,11-17,42-44H2,1H3,(H,45,49)(H,46,50)(H,47,51)(H,48,52). The van der Waals surface area contributed by atoms with Gasteiger partial charge in [-0.1, -0.05) is 25.5 Å². The van der Waals surface area contributed by atoms with Crippen molar-refractivity contribution in [3.8, 4) is 22.3 Å². The average molecular weight is 736 g/mol. The summed E-state index contributed by atoms with van der Waals surface area (Å²) in [6, 6.07) is 22.7. The Morgan fingerprint density at radius 2 is 0.811 bits per heavy atom. The second kappa shape index (κ2) is 19.1. The molecule has 4 amide bonds. The van der Waals surface area contributed by atoms with Crippen LogP contribution in [0.5, 0.6) is 0 Å². The molecule has 0 saturated carbocycles. The van der Waals surface area contributed by atoms with Crippen molar-refractivity contribution in [2.24, 2.45) is 17.2 Å². The Labute approximate surface area is 314 Å². The first kappa shape index (κ1) is 39.1. The predicted molar refractivity (Wildman–Crippen MR) is 215 cm³/mol. The molecule has 10 N–H and O–H groups in total. The van der Waals surface area contributed by atoms with Gasteiger partial charge in [-0.25, -0.2) is 0 Å². The number of benzene rings is 4. The summed E-state index contributed by atoms with van der Waals surface area (Å²) in [6.07, 6.45) is 3.74. The maximum Gasteiger partial charge on any atom is 0.251 e. The summed E-state index contributed by atoms with van der Waals surface area (Å²) in [5, 5.41) is 13.7. The monoisotopic (exact) mass is 735 g/mol. The van der Waals surface area contributed by atoms with Gasteiger partial charge in [-0.05, 0) is 128 Å². The molecule has 12 heteroatoms. The van der Waals surface area contributed by atoms with Gasteiger partial charge in [-0.3, -0.25) is 19.2 Å². The number of carbonyl (C=O) groups is 4. The van der Waals surface area contributed by atoms with Gasteiger partial charge in [0.05, 0.1) is 0 Å². The molecule has 0 aliphatic carbocycles. The van der Waals surface area contributed by atoms with E-state index in [0.717, 1.165) is 55.3 Å². The van der Waals surface area contributed by atoms with E-state index in [4.69, 9.17) is 17.2 Å². The van der Waals surface area contributed by atoms with E-state index in [-0.39, 0.29) is 23.6 Å². The summed E-state index contributed by atoms with van der Waals surface area (Å²) in [5.41, 5.74) is 21.6. The number of rotatable bonds is 18. The molecular formula is C41H49N7O4S. The van der Waals surface area contributed by atoms with Gasteiger partial charge in [0.2, 0.25) is 0 Å². The van der Waals surface area contributed by atoms with E-state index < -0.39 is 0 Å². The van der Waals surface area contributed by atoms with Gasteiger partial charge in [0.1, 0.15) is 0 Å². The topological polar surface area (TPSA) is 194 Å². The summed E-state index contributed by atoms with van der Waals surface area (Å²) in [4.78, 5) is 52.7. The molecular weight excluding hydrogens is 687 g/mol. The van der Waals surface area contributed by atoms with Crippen LogP contribution in [0.1, 0.15) is 80.5 Å². The number of amides is 4. The van der Waals surface area contributed by atoms with Crippen molar-refractivity contribution in [3.63, 3.8) is 0 Å². The second-order valence-corrected chi connectivity index (χ2v) is 14.0. The van der Waals surface area contributed by atoms with Crippen molar-refractivity contribution >= 4 is 55.1 Å². The minimum Gasteiger partial charge on any atom is -0.352 e. The molecule has 1 aromatic heterocycles. The molecule has 0 fully saturated rings. The first-order valence-electron chi connectivity index (χ1n) is 18.3. The van der Waals surface area contributed by atoms with Gasteiger partial charge in [-0.15, -0.1) is 11.3 Å². The molecule has 0 atom stereocenters. The molecule has 0 saturated heterocycles. The number of fused-ring (bicyclic) bond motifs is 3. The highest BCUT2D eigenvalue weighted by molar-refractivity contribution is 7.25. The molecule has 53 heavy (non-hydrogen) atoms. The van der Waals surface area contributed by atoms with Gasteiger partial charge in [0.25, 0.3) is 23.6 Å². The minimum absolute atomic E-state index is 0.231. The molecule has 0 spiro atoms. The summed E-state index contributed by atoms with van der Waals surface area (Å²) < 4.78 is 2.14. The van der Waals surface area contributed by atoms with Crippen LogP contribution in [0.25, 0.3) is 42.4 Å². The fourth-order valence-electron chi connectivity index (χ4n) is 5.95. The van der Waals surface area contributed by atoms with E-state index in [1.165, 1.54) is 0 Å². The third-order valence-electron chi connectivity index (χ3n) is 8.87. The lowest BCUT2D eigenvalue weighted by Gasteiger charge is -2.12. The molecule has 0 bridgehead atoms. The average Bonchev–Trinajstić information content (AvgIpc) is 3.55. The molecule has 5 rings (SSSR count). The van der Waals surface area contributed by atoms with Crippen LogP contribution < -0.4 is 38.5 Å². The highest BCUT2D eigenvalue weighted by atomic mass is 32.1. The highest BCUT2D eigenvalue weighted by Gasteiger charge is 2.17. The summed E-state index contributed by atoms with van der Waals surface area (Å²) >= 11 is 1.66. The van der Waals surface area contributed by atoms with Crippen LogP contribution in [0.3, 0.4) is 0 Å². The van der Waals surface area contributed by atoms with Crippen molar-refractivity contribution in [2.45, 2.75) is 39.0 Å². The van der Waals surface area contributed by atoms with Crippen molar-refractivity contribution in [2.75, 3.05) is 45.8 Å². The van der Waals surface area contributed by atoms with Gasteiger partial charge >= 0.3 is 0 Å². The van der Waals surface area contributed by atoms with Crippen LogP contribution in [0, 0.1) is 0 Å². The maximum absolute atomic E-state index is 13.2. The lowest BCUT2D eigenvalue weighted by Crippen LogP contribution is -2.28. The number of unbranched alkanes of at least 4 members (excludes halogenated alkanes) is 1. The Morgan fingerprint density at radius 1 is 0.472 bits per heavy atom. The lowest BCUT2D eigenvalue weighted by atomic mass is 9.96. The Balaban J connectivity index is 1.56. The second-order valence-electron chi connectivity index (χ2n) is 12.9. The molecule has 1 heterocycles. The maximum atomic E-state index is 13.2. The van der Waals surface area contributed by atoms with E-state index >= 15 is 0 Å². The smallest absolute Gasteiger partial charge is 0.251 e. The van der Waals surface area contributed by atoms with Crippen molar-refractivity contribution in [1.29, 1.82) is 0 Å². The normalized spacial score (nSPS) is 11.1. The Hall–Kier alpha value is -5.14. The largest absolute Gasteiger partial charge is 0.352 e. The van der Waals surface area contributed by atoms with Gasteiger partial charge in [-0.2, -0.15) is 0 Å². The number of carbonyl (C=O) groups excluding carboxylic acids is 4. The van der Waals surface area contributed by atoms with Crippen LogP contribution in [0.15, 0.2) is 72.8 Å². The van der Waals surface area contributed by atoms with E-state index in [1.807, 2.05) is 24.3 Å². The summed E-state index contributed by atoms with van der Waals surface area (Å²) in [5.74, 6) is -1.06. The van der Waals surface area contributed by atoms with E-state index in [9.17, 15) is 19.2 Å². The number of nitrogens with two attached hydrogens (primary N) is 3. The van der Waals surface area contributed by atoms with Crippen LogP contribution in [-0.4, -0.2) is 69.4 Å². The third-order valence-corrected chi connectivity index (χ3v) is 10.0. The Morgan fingerprint density at radius 3 is 1.13 bits per heavy atom. The van der Waals surface area contributed by atoms with Gasteiger partial charge < -0.3 is 38.5 Å². The van der Waals surface area contributed by atoms with Crippen molar-refractivity contribution in [1.82, 2.24) is 21.3 Å². The number of hydrogen-bond donors (Lipinski definition) is 7. The van der Waals surface area contributed by atoms with Gasteiger partial charge in [0, 0.05) is 68.6 Å². The Kier molecular flexibility index (Phi) is 14.1. The predicted octanol–water partition coefficient (Wildman–Crippen LogP) is 5.15. The van der Waals surface area contributed by atoms with E-state index in [2.05, 4.69) is 52.5 Å². The highest BCUT2D eigenvalue weighted by Crippen LogP contribution is 2.39. The first-order valence-corrected chi connectivity index (χ1v) is 19.1. The SMILES string of the molecule is CCCCNC(=O)c1cc(C(=O)NCCCN)cc(-c2ccc3sc4ccc(-c5cc(C(=O)NCCCN)cc(C(=O)NCCCN)c5)cc4c3c2)c1. The first-order chi connectivity index (χ1) is 25.8. The molecule has 0 aliphatic heterocycles. The number of hydrogen-bond acceptors (Lipinski definition) is 8. The van der Waals surface area contributed by atoms with Gasteiger partial charge in [0.15, 0.2) is 0 Å². The third kappa shape index (κ3) is 10.1. The molecule has 0 aliphatic rings. The van der Waals surface area contributed by atoms with Crippen molar-refractivity contribution in [3.05, 3.63) is 95.1 Å². The lowest BCUT2D eigenvalue weighted by molar-refractivity contribution is 0.0938. The Bertz CT molecular complexity index is 1870. The van der Waals surface area contributed by atoms with Crippen LogP contribution >= 0.6 is 11.3 Å². The number of thiophene rings is 1. The molecule has 11 nitrogen and oxygen atoms in total. The molecule has 278 valence electrons. The van der Waals surface area contributed by atoms with E-state index in [1.54, 1.807) is 35.6 Å². The molecule has 0 radical (unpaired) electrons. The fraction of sp³-hybridized carbons (Fsp3) is 0.317. The summed E-state index contributed by atoms with van der Waals surface area (Å²) in [6.45, 7) is 5.29. The van der Waals surface area contributed by atoms with Crippen LogP contribution in [0.4, 0.5) is 0 Å². The number of nitrogens with one attached hydrogen (secondary N) is 4. The summed E-state index contributed by atoms with van der Waals surface area (Å²) in [7, 11) is 0. The van der Waals surface area contributed by atoms with E-state index in [0.29, 0.717) is 87.3 Å². The zero-order valence-corrected chi connectivity index (χ0v) is 31.0. The minimum atomic E-state index is -0.281. The fourth-order valence-corrected chi connectivity index (χ4v) is 7.02. The quantitative estimate of drug-likeness (QED) is 0.0605. The zero-order valence-electron chi connectivity index (χ0n) is 30.2. The molecule has 4 aromatic carbocycles. The molecule has 5 aromatic rings. The molecule has 0 unspecified atom stereocenters. The van der Waals surface area contributed by atoms with Crippen LogP contribution in [0.2, 0.25) is 0 Å². The van der Waals surface area contributed by atoms with Crippen LogP contribution in [-0.2, 0) is 0 Å². The zero-order chi connectivity index (χ0) is 37.7. The van der Waals surface area contributed by atoms with Crippen molar-refractivity contribution < 1.29 is 19.2 Å².